The molecule has 3 amide bonds. The Morgan fingerprint density at radius 1 is 0.976 bits per heavy atom. The summed E-state index contributed by atoms with van der Waals surface area (Å²) in [6, 6.07) is 19.9. The lowest BCUT2D eigenvalue weighted by Crippen LogP contribution is -2.53. The molecule has 3 aromatic carbocycles. The van der Waals surface area contributed by atoms with Gasteiger partial charge >= 0.3 is 6.09 Å². The van der Waals surface area contributed by atoms with E-state index in [0.717, 1.165) is 34.7 Å². The molecule has 4 unspecified atom stereocenters. The fourth-order valence-electron chi connectivity index (χ4n) is 5.35. The van der Waals surface area contributed by atoms with Crippen molar-refractivity contribution >= 4 is 34.4 Å². The number of hydrogen-bond donors (Lipinski definition) is 2. The van der Waals surface area contributed by atoms with Crippen molar-refractivity contribution in [1.82, 2.24) is 10.2 Å². The summed E-state index contributed by atoms with van der Waals surface area (Å²) in [5.41, 5.74) is 1.84. The van der Waals surface area contributed by atoms with E-state index in [1.165, 1.54) is 0 Å². The number of ether oxygens (including phenoxy) is 1. The minimum Gasteiger partial charge on any atom is -0.444 e. The molecule has 0 heterocycles. The summed E-state index contributed by atoms with van der Waals surface area (Å²) < 4.78 is 5.51. The van der Waals surface area contributed by atoms with Crippen LogP contribution in [0.15, 0.2) is 66.7 Å². The lowest BCUT2D eigenvalue weighted by atomic mass is 9.97. The summed E-state index contributed by atoms with van der Waals surface area (Å²) in [6.45, 7) is 13.6. The number of carbonyl (C=O) groups excluding carboxylic acids is 3. The number of aryl methyl sites for hydroxylation is 1. The normalized spacial score (nSPS) is 17.8. The first-order chi connectivity index (χ1) is 19.9. The highest BCUT2D eigenvalue weighted by molar-refractivity contribution is 6.00. The molecule has 0 saturated heterocycles. The third-order valence-electron chi connectivity index (χ3n) is 7.62. The second-order valence-corrected chi connectivity index (χ2v) is 12.9. The van der Waals surface area contributed by atoms with Gasteiger partial charge in [-0.05, 0) is 85.9 Å². The number of benzene rings is 3. The molecule has 0 spiro atoms. The number of nitrogens with zero attached hydrogens (tertiary/aromatic N) is 1. The van der Waals surface area contributed by atoms with Crippen LogP contribution in [0.2, 0.25) is 0 Å². The van der Waals surface area contributed by atoms with Crippen LogP contribution in [-0.2, 0) is 20.7 Å². The zero-order chi connectivity index (χ0) is 30.6. The van der Waals surface area contributed by atoms with Crippen molar-refractivity contribution in [1.29, 1.82) is 0 Å². The molecule has 1 aliphatic rings. The summed E-state index contributed by atoms with van der Waals surface area (Å²) in [5, 5.41) is 8.03. The molecule has 2 N–H and O–H groups in total. The second kappa shape index (κ2) is 13.0. The van der Waals surface area contributed by atoms with E-state index in [4.69, 9.17) is 4.74 Å². The van der Waals surface area contributed by atoms with Crippen LogP contribution in [0.4, 0.5) is 10.5 Å². The highest BCUT2D eigenvalue weighted by Crippen LogP contribution is 2.41. The maximum Gasteiger partial charge on any atom is 0.408 e. The van der Waals surface area contributed by atoms with Gasteiger partial charge in [0.1, 0.15) is 17.7 Å². The van der Waals surface area contributed by atoms with E-state index in [1.807, 2.05) is 80.6 Å². The zero-order valence-electron chi connectivity index (χ0n) is 25.9. The highest BCUT2D eigenvalue weighted by Gasteiger charge is 2.48. The molecular formula is C35H45N3O4. The number of anilines is 1. The van der Waals surface area contributed by atoms with E-state index in [2.05, 4.69) is 24.5 Å². The van der Waals surface area contributed by atoms with Crippen molar-refractivity contribution < 1.29 is 19.1 Å². The predicted molar refractivity (Wildman–Crippen MR) is 168 cm³/mol. The van der Waals surface area contributed by atoms with Crippen LogP contribution >= 0.6 is 0 Å². The number of alkyl carbamates (subject to hydrolysis) is 1. The van der Waals surface area contributed by atoms with E-state index in [1.54, 1.807) is 25.7 Å². The average Bonchev–Trinajstić information content (AvgIpc) is 3.65. The first-order valence-electron chi connectivity index (χ1n) is 15.1. The fraction of sp³-hybridized carbons (Fsp3) is 0.457. The van der Waals surface area contributed by atoms with Crippen molar-refractivity contribution in [2.24, 2.45) is 11.8 Å². The minimum absolute atomic E-state index is 0.120. The molecule has 0 aliphatic heterocycles. The van der Waals surface area contributed by atoms with E-state index in [0.29, 0.717) is 12.1 Å². The van der Waals surface area contributed by atoms with E-state index in [9.17, 15) is 14.4 Å². The molecule has 1 aliphatic carbocycles. The smallest absolute Gasteiger partial charge is 0.408 e. The van der Waals surface area contributed by atoms with Gasteiger partial charge in [-0.3, -0.25) is 9.59 Å². The van der Waals surface area contributed by atoms with Crippen molar-refractivity contribution in [2.75, 3.05) is 5.32 Å². The van der Waals surface area contributed by atoms with Crippen molar-refractivity contribution in [2.45, 2.75) is 91.5 Å². The van der Waals surface area contributed by atoms with Gasteiger partial charge in [-0.2, -0.15) is 0 Å². The van der Waals surface area contributed by atoms with Gasteiger partial charge in [0.25, 0.3) is 5.91 Å². The van der Waals surface area contributed by atoms with Crippen molar-refractivity contribution in [3.63, 3.8) is 0 Å². The molecule has 0 bridgehead atoms. The molecule has 7 nitrogen and oxygen atoms in total. The SMILES string of the molecule is CCc1ccc(C(C(=O)Nc2ccc3ccccc3c2)N(C(=O)C(CC(C)C)NC(=O)OC(C)(C)C)C2CC2C)cc1. The Hall–Kier alpha value is -3.87. The Balaban J connectivity index is 1.72. The van der Waals surface area contributed by atoms with Gasteiger partial charge in [0, 0.05) is 11.7 Å². The summed E-state index contributed by atoms with van der Waals surface area (Å²) in [7, 11) is 0. The Bertz CT molecular complexity index is 1410. The Morgan fingerprint density at radius 3 is 2.19 bits per heavy atom. The summed E-state index contributed by atoms with van der Waals surface area (Å²) >= 11 is 0. The zero-order valence-corrected chi connectivity index (χ0v) is 25.9. The summed E-state index contributed by atoms with van der Waals surface area (Å²) in [5.74, 6) is -0.202. The average molecular weight is 572 g/mol. The Morgan fingerprint density at radius 2 is 1.62 bits per heavy atom. The molecule has 1 saturated carbocycles. The lowest BCUT2D eigenvalue weighted by Gasteiger charge is -2.35. The van der Waals surface area contributed by atoms with Gasteiger partial charge in [0.15, 0.2) is 0 Å². The predicted octanol–water partition coefficient (Wildman–Crippen LogP) is 7.26. The molecule has 7 heteroatoms. The Kier molecular flexibility index (Phi) is 9.60. The maximum atomic E-state index is 14.5. The van der Waals surface area contributed by atoms with Crippen molar-refractivity contribution in [3.05, 3.63) is 77.9 Å². The molecule has 3 aromatic rings. The standard InChI is InChI=1S/C35H45N3O4/c1-8-24-13-15-26(16-14-24)31(32(39)36-28-18-17-25-11-9-10-12-27(25)21-28)38(30-20-23(30)4)33(40)29(19-22(2)3)37-34(41)42-35(5,6)7/h9-18,21-23,29-31H,8,19-20H2,1-7H3,(H,36,39)(H,37,41). The number of rotatable bonds is 10. The number of nitrogens with one attached hydrogen (secondary N) is 2. The minimum atomic E-state index is -0.875. The molecule has 0 radical (unpaired) electrons. The van der Waals surface area contributed by atoms with Gasteiger partial charge in [0.05, 0.1) is 0 Å². The van der Waals surface area contributed by atoms with Crippen LogP contribution < -0.4 is 10.6 Å². The quantitative estimate of drug-likeness (QED) is 0.268. The molecule has 42 heavy (non-hydrogen) atoms. The van der Waals surface area contributed by atoms with E-state index >= 15 is 0 Å². The van der Waals surface area contributed by atoms with Crippen LogP contribution in [0.5, 0.6) is 0 Å². The van der Waals surface area contributed by atoms with E-state index < -0.39 is 23.8 Å². The van der Waals surface area contributed by atoms with Gasteiger partial charge < -0.3 is 20.3 Å². The van der Waals surface area contributed by atoms with Crippen molar-refractivity contribution in [3.8, 4) is 0 Å². The summed E-state index contributed by atoms with van der Waals surface area (Å²) in [4.78, 5) is 43.2. The van der Waals surface area contributed by atoms with Crippen LogP contribution in [0.25, 0.3) is 10.8 Å². The van der Waals surface area contributed by atoms with E-state index in [-0.39, 0.29) is 29.7 Å². The van der Waals surface area contributed by atoms with Crippen LogP contribution in [0.1, 0.15) is 78.5 Å². The summed E-state index contributed by atoms with van der Waals surface area (Å²) in [6.07, 6.45) is 1.44. The topological polar surface area (TPSA) is 87.7 Å². The van der Waals surface area contributed by atoms with Crippen LogP contribution in [0, 0.1) is 11.8 Å². The fourth-order valence-corrected chi connectivity index (χ4v) is 5.35. The largest absolute Gasteiger partial charge is 0.444 e. The van der Waals surface area contributed by atoms with Crippen LogP contribution in [0.3, 0.4) is 0 Å². The first kappa shape index (κ1) is 31.1. The number of hydrogen-bond acceptors (Lipinski definition) is 4. The number of fused-ring (bicyclic) bond motifs is 1. The van der Waals surface area contributed by atoms with Gasteiger partial charge in [0.2, 0.25) is 5.91 Å². The molecule has 1 fully saturated rings. The van der Waals surface area contributed by atoms with Gasteiger partial charge in [-0.15, -0.1) is 0 Å². The molecule has 4 atom stereocenters. The molecule has 0 aromatic heterocycles. The number of carbonyl (C=O) groups is 3. The van der Waals surface area contributed by atoms with Gasteiger partial charge in [-0.1, -0.05) is 82.3 Å². The molecular weight excluding hydrogens is 526 g/mol. The monoisotopic (exact) mass is 571 g/mol. The highest BCUT2D eigenvalue weighted by atomic mass is 16.6. The molecule has 4 rings (SSSR count). The second-order valence-electron chi connectivity index (χ2n) is 12.9. The number of amides is 3. The van der Waals surface area contributed by atoms with Gasteiger partial charge in [-0.25, -0.2) is 4.79 Å². The third-order valence-corrected chi connectivity index (χ3v) is 7.62. The lowest BCUT2D eigenvalue weighted by molar-refractivity contribution is -0.142. The Labute approximate surface area is 250 Å². The molecule has 224 valence electrons. The first-order valence-corrected chi connectivity index (χ1v) is 15.1. The van der Waals surface area contributed by atoms with Crippen LogP contribution in [-0.4, -0.2) is 40.5 Å². The maximum absolute atomic E-state index is 14.5. The third kappa shape index (κ3) is 7.90.